The predicted octanol–water partition coefficient (Wildman–Crippen LogP) is 4.78. The van der Waals surface area contributed by atoms with Crippen molar-refractivity contribution in [3.05, 3.63) is 99.0 Å². The molecule has 7 heteroatoms. The van der Waals surface area contributed by atoms with Gasteiger partial charge in [-0.05, 0) is 46.9 Å². The second kappa shape index (κ2) is 8.44. The first-order valence-corrected chi connectivity index (χ1v) is 11.8. The lowest BCUT2D eigenvalue weighted by atomic mass is 9.87. The Morgan fingerprint density at radius 2 is 1.68 bits per heavy atom. The number of halogens is 1. The number of carbonyl (C=O) groups is 1. The van der Waals surface area contributed by atoms with Gasteiger partial charge in [-0.1, -0.05) is 50.6 Å². The van der Waals surface area contributed by atoms with Crippen molar-refractivity contribution >= 4 is 27.2 Å². The Morgan fingerprint density at radius 3 is 2.26 bits per heavy atom. The molecule has 162 valence electrons. The number of hydrogen-bond acceptors (Lipinski definition) is 4. The van der Waals surface area contributed by atoms with E-state index < -0.39 is 15.6 Å². The van der Waals surface area contributed by atoms with Crippen LogP contribution in [0.3, 0.4) is 0 Å². The summed E-state index contributed by atoms with van der Waals surface area (Å²) in [4.78, 5) is 13.2. The molecule has 31 heavy (non-hydrogen) atoms. The lowest BCUT2D eigenvalue weighted by Gasteiger charge is -2.19. The largest absolute Gasteiger partial charge is 0.618 e. The lowest BCUT2D eigenvalue weighted by molar-refractivity contribution is -0.612. The monoisotopic (exact) mass is 457 g/mol. The van der Waals surface area contributed by atoms with Crippen LogP contribution < -0.4 is 4.73 Å². The molecule has 0 aliphatic heterocycles. The molecule has 0 unspecified atom stereocenters. The van der Waals surface area contributed by atoms with E-state index in [2.05, 4.69) is 20.8 Å². The van der Waals surface area contributed by atoms with Crippen molar-refractivity contribution in [3.8, 4) is 0 Å². The van der Waals surface area contributed by atoms with Gasteiger partial charge in [0, 0.05) is 23.6 Å². The summed E-state index contributed by atoms with van der Waals surface area (Å²) in [5, 5.41) is 12.2. The van der Waals surface area contributed by atoms with Gasteiger partial charge < -0.3 is 5.21 Å². The van der Waals surface area contributed by atoms with Crippen LogP contribution in [0.4, 0.5) is 0 Å². The van der Waals surface area contributed by atoms with Crippen LogP contribution in [0, 0.1) is 12.1 Å². The van der Waals surface area contributed by atoms with Crippen LogP contribution in [0.2, 0.25) is 5.02 Å². The average Bonchev–Trinajstić information content (AvgIpc) is 2.70. The van der Waals surface area contributed by atoms with E-state index in [4.69, 9.17) is 11.6 Å². The van der Waals surface area contributed by atoms with Crippen molar-refractivity contribution in [1.82, 2.24) is 0 Å². The number of benzene rings is 2. The van der Waals surface area contributed by atoms with Crippen molar-refractivity contribution in [3.63, 3.8) is 0 Å². The smallest absolute Gasteiger partial charge is 0.199 e. The van der Waals surface area contributed by atoms with Gasteiger partial charge in [0.15, 0.2) is 27.5 Å². The first-order valence-electron chi connectivity index (χ1n) is 9.75. The second-order valence-corrected chi connectivity index (χ2v) is 11.0. The highest BCUT2D eigenvalue weighted by Crippen LogP contribution is 2.27. The zero-order chi connectivity index (χ0) is 23.0. The van der Waals surface area contributed by atoms with Crippen LogP contribution in [0.15, 0.2) is 65.7 Å². The molecule has 0 atom stereocenters. The van der Waals surface area contributed by atoms with Gasteiger partial charge in [0.2, 0.25) is 0 Å². The number of hydrogen-bond donors (Lipinski definition) is 0. The van der Waals surface area contributed by atoms with E-state index in [0.29, 0.717) is 21.0 Å². The molecule has 0 saturated carbocycles. The minimum atomic E-state index is -3.70. The maximum absolute atomic E-state index is 13.1. The predicted molar refractivity (Wildman–Crippen MR) is 121 cm³/mol. The van der Waals surface area contributed by atoms with E-state index in [1.54, 1.807) is 37.3 Å². The summed E-state index contributed by atoms with van der Waals surface area (Å²) < 4.78 is 26.7. The molecule has 0 radical (unpaired) electrons. The number of carbonyl (C=O) groups excluding carboxylic acids is 1. The first-order chi connectivity index (χ1) is 14.4. The van der Waals surface area contributed by atoms with Gasteiger partial charge in [-0.2, -0.15) is 4.73 Å². The fourth-order valence-electron chi connectivity index (χ4n) is 3.18. The highest BCUT2D eigenvalue weighted by Gasteiger charge is 2.23. The summed E-state index contributed by atoms with van der Waals surface area (Å²) in [6.45, 7) is 7.79. The minimum absolute atomic E-state index is 0.0927. The quantitative estimate of drug-likeness (QED) is 0.313. The second-order valence-electron chi connectivity index (χ2n) is 8.55. The molecule has 1 aromatic heterocycles. The maximum Gasteiger partial charge on any atom is 0.199 e. The van der Waals surface area contributed by atoms with Crippen LogP contribution in [0.5, 0.6) is 0 Å². The molecule has 3 rings (SSSR count). The maximum atomic E-state index is 13.1. The van der Waals surface area contributed by atoms with Crippen molar-refractivity contribution < 1.29 is 17.9 Å². The van der Waals surface area contributed by atoms with Gasteiger partial charge in [-0.25, -0.2) is 8.42 Å². The Labute approximate surface area is 187 Å². The summed E-state index contributed by atoms with van der Waals surface area (Å²) in [5.74, 6) is -0.816. The third kappa shape index (κ3) is 5.14. The van der Waals surface area contributed by atoms with Crippen LogP contribution in [0.1, 0.15) is 53.5 Å². The number of sulfone groups is 1. The van der Waals surface area contributed by atoms with E-state index in [1.807, 2.05) is 0 Å². The highest BCUT2D eigenvalue weighted by molar-refractivity contribution is 7.90. The Balaban J connectivity index is 1.98. The molecule has 0 N–H and O–H groups in total. The molecule has 0 bridgehead atoms. The molecule has 0 fully saturated rings. The van der Waals surface area contributed by atoms with Gasteiger partial charge in [0.1, 0.15) is 0 Å². The molecule has 1 heterocycles. The molecule has 0 spiro atoms. The number of rotatable bonds is 5. The summed E-state index contributed by atoms with van der Waals surface area (Å²) in [6, 6.07) is 14.4. The minimum Gasteiger partial charge on any atom is -0.618 e. The van der Waals surface area contributed by atoms with Crippen molar-refractivity contribution in [2.24, 2.45) is 0 Å². The fourth-order valence-corrected chi connectivity index (χ4v) is 4.73. The normalized spacial score (nSPS) is 12.0. The molecular weight excluding hydrogens is 434 g/mol. The standard InChI is InChI=1S/C24H24ClNO4S/c1-16-5-6-17(14-26(16)28)23(27)22-13-20(25)10-7-18(22)15-31(29,30)21-11-8-19(9-12-21)24(2,3)4/h5-14H,15H2,1-4H3. The van der Waals surface area contributed by atoms with Crippen LogP contribution in [-0.2, 0) is 21.0 Å². The molecule has 5 nitrogen and oxygen atoms in total. The Bertz CT molecular complexity index is 1240. The van der Waals surface area contributed by atoms with Gasteiger partial charge in [0.05, 0.1) is 16.2 Å². The molecule has 0 amide bonds. The molecule has 0 aliphatic carbocycles. The number of aryl methyl sites for hydroxylation is 1. The topological polar surface area (TPSA) is 78.2 Å². The number of ketones is 1. The molecule has 0 saturated heterocycles. The van der Waals surface area contributed by atoms with Crippen LogP contribution >= 0.6 is 11.6 Å². The molecule has 3 aromatic rings. The zero-order valence-corrected chi connectivity index (χ0v) is 19.4. The Kier molecular flexibility index (Phi) is 6.25. The summed E-state index contributed by atoms with van der Waals surface area (Å²) in [5.41, 5.74) is 2.03. The van der Waals surface area contributed by atoms with E-state index in [-0.39, 0.29) is 27.2 Å². The van der Waals surface area contributed by atoms with Gasteiger partial charge >= 0.3 is 0 Å². The van der Waals surface area contributed by atoms with E-state index in [1.165, 1.54) is 30.5 Å². The summed E-state index contributed by atoms with van der Waals surface area (Å²) in [6.07, 6.45) is 1.18. The summed E-state index contributed by atoms with van der Waals surface area (Å²) in [7, 11) is -3.70. The third-order valence-corrected chi connectivity index (χ3v) is 7.03. The number of aromatic nitrogens is 1. The van der Waals surface area contributed by atoms with Gasteiger partial charge in [0.25, 0.3) is 0 Å². The lowest BCUT2D eigenvalue weighted by Crippen LogP contribution is -2.30. The Morgan fingerprint density at radius 1 is 1.03 bits per heavy atom. The van der Waals surface area contributed by atoms with Crippen molar-refractivity contribution in [2.75, 3.05) is 0 Å². The fraction of sp³-hybridized carbons (Fsp3) is 0.250. The van der Waals surface area contributed by atoms with Crippen molar-refractivity contribution in [1.29, 1.82) is 0 Å². The molecule has 2 aromatic carbocycles. The van der Waals surface area contributed by atoms with Gasteiger partial charge in [-0.15, -0.1) is 0 Å². The third-order valence-electron chi connectivity index (χ3n) is 5.11. The van der Waals surface area contributed by atoms with Crippen LogP contribution in [0.25, 0.3) is 0 Å². The number of nitrogens with zero attached hydrogens (tertiary/aromatic N) is 1. The average molecular weight is 458 g/mol. The van der Waals surface area contributed by atoms with Crippen LogP contribution in [-0.4, -0.2) is 14.2 Å². The van der Waals surface area contributed by atoms with E-state index in [0.717, 1.165) is 5.56 Å². The Hall–Kier alpha value is -2.70. The number of pyridine rings is 1. The van der Waals surface area contributed by atoms with E-state index >= 15 is 0 Å². The van der Waals surface area contributed by atoms with Gasteiger partial charge in [-0.3, -0.25) is 4.79 Å². The SMILES string of the molecule is Cc1ccc(C(=O)c2cc(Cl)ccc2CS(=O)(=O)c2ccc(C(C)(C)C)cc2)c[n+]1[O-]. The highest BCUT2D eigenvalue weighted by atomic mass is 35.5. The zero-order valence-electron chi connectivity index (χ0n) is 17.8. The van der Waals surface area contributed by atoms with Crippen molar-refractivity contribution in [2.45, 2.75) is 43.8 Å². The van der Waals surface area contributed by atoms with E-state index in [9.17, 15) is 18.4 Å². The summed E-state index contributed by atoms with van der Waals surface area (Å²) >= 11 is 6.08. The molecule has 0 aliphatic rings. The first kappa shape index (κ1) is 23.0. The molecular formula is C24H24ClNO4S.